The molecule has 2 aromatic heterocycles. The van der Waals surface area contributed by atoms with Crippen LogP contribution in [-0.2, 0) is 5.75 Å². The lowest BCUT2D eigenvalue weighted by Crippen LogP contribution is -2.10. The van der Waals surface area contributed by atoms with Crippen molar-refractivity contribution < 1.29 is 9.84 Å². The Morgan fingerprint density at radius 2 is 2.25 bits per heavy atom. The van der Waals surface area contributed by atoms with E-state index < -0.39 is 0 Å². The number of thiazole rings is 1. The van der Waals surface area contributed by atoms with E-state index in [0.717, 1.165) is 16.9 Å². The van der Waals surface area contributed by atoms with E-state index in [1.54, 1.807) is 0 Å². The average molecular weight is 442 g/mol. The number of H-pyrrole nitrogens is 1. The smallest absolute Gasteiger partial charge is 0.306 e. The molecule has 0 aliphatic carbocycles. The molecule has 150 valence electrons. The summed E-state index contributed by atoms with van der Waals surface area (Å²) in [6.45, 7) is 1.47. The maximum absolute atomic E-state index is 11.7. The molecule has 8 nitrogen and oxygen atoms in total. The predicted molar refractivity (Wildman–Crippen MR) is 114 cm³/mol. The molecule has 0 spiro atoms. The Labute approximate surface area is 174 Å². The second-order valence-electron chi connectivity index (χ2n) is 5.74. The predicted octanol–water partition coefficient (Wildman–Crippen LogP) is 2.46. The molecule has 0 aliphatic rings. The minimum atomic E-state index is -0.184. The first-order valence-electron chi connectivity index (χ1n) is 8.60. The van der Waals surface area contributed by atoms with Crippen LogP contribution in [0.15, 0.2) is 28.2 Å². The van der Waals surface area contributed by atoms with Gasteiger partial charge in [-0.15, -0.1) is 0 Å². The van der Waals surface area contributed by atoms with Gasteiger partial charge in [-0.3, -0.25) is 9.78 Å². The standard InChI is InChI=1S/C17H20ClN5O3S2/c18-11-8-10(2-3-12(11)26-7-4-19)9-27-16-21-14(20-5-1-6-24)13-15(22-16)23-17(25)28-13/h2-3,8,24H,1,4-7,9,19H2,(H2,20,21,22,23,25). The number of aromatic amines is 1. The molecule has 0 aliphatic heterocycles. The van der Waals surface area contributed by atoms with Crippen LogP contribution in [0.2, 0.25) is 5.02 Å². The van der Waals surface area contributed by atoms with E-state index in [0.29, 0.717) is 64.0 Å². The van der Waals surface area contributed by atoms with Gasteiger partial charge in [0.1, 0.15) is 22.9 Å². The van der Waals surface area contributed by atoms with Gasteiger partial charge in [0, 0.05) is 25.4 Å². The number of hydrogen-bond donors (Lipinski definition) is 4. The highest BCUT2D eigenvalue weighted by molar-refractivity contribution is 7.98. The van der Waals surface area contributed by atoms with Gasteiger partial charge < -0.3 is 20.9 Å². The molecule has 0 fully saturated rings. The van der Waals surface area contributed by atoms with Crippen LogP contribution in [0.3, 0.4) is 0 Å². The Hall–Kier alpha value is -1.85. The maximum Gasteiger partial charge on any atom is 0.306 e. The van der Waals surface area contributed by atoms with Crippen LogP contribution >= 0.6 is 34.7 Å². The summed E-state index contributed by atoms with van der Waals surface area (Å²) in [5.74, 6) is 1.80. The number of rotatable bonds is 10. The average Bonchev–Trinajstić information content (AvgIpc) is 3.06. The molecule has 3 aromatic rings. The summed E-state index contributed by atoms with van der Waals surface area (Å²) >= 11 is 8.74. The molecule has 0 saturated heterocycles. The van der Waals surface area contributed by atoms with Crippen LogP contribution in [0.5, 0.6) is 5.75 Å². The van der Waals surface area contributed by atoms with E-state index in [-0.39, 0.29) is 11.5 Å². The number of aromatic nitrogens is 3. The van der Waals surface area contributed by atoms with Crippen molar-refractivity contribution in [2.45, 2.75) is 17.3 Å². The minimum absolute atomic E-state index is 0.0813. The molecular weight excluding hydrogens is 422 g/mol. The van der Waals surface area contributed by atoms with Crippen LogP contribution < -0.4 is 20.7 Å². The molecule has 0 atom stereocenters. The lowest BCUT2D eigenvalue weighted by molar-refractivity contribution is 0.292. The fourth-order valence-electron chi connectivity index (χ4n) is 2.36. The number of ether oxygens (including phenoxy) is 1. The molecule has 2 heterocycles. The van der Waals surface area contributed by atoms with Crippen molar-refractivity contribution in [2.75, 3.05) is 31.6 Å². The summed E-state index contributed by atoms with van der Waals surface area (Å²) in [7, 11) is 0. The summed E-state index contributed by atoms with van der Waals surface area (Å²) in [5, 5.41) is 13.2. The summed E-state index contributed by atoms with van der Waals surface area (Å²) < 4.78 is 6.15. The molecule has 5 N–H and O–H groups in total. The van der Waals surface area contributed by atoms with Gasteiger partial charge in [0.15, 0.2) is 10.8 Å². The van der Waals surface area contributed by atoms with Crippen molar-refractivity contribution in [3.05, 3.63) is 38.5 Å². The van der Waals surface area contributed by atoms with Gasteiger partial charge in [-0.2, -0.15) is 0 Å². The third-order valence-corrected chi connectivity index (χ3v) is 5.72. The van der Waals surface area contributed by atoms with Crippen molar-refractivity contribution in [2.24, 2.45) is 5.73 Å². The Morgan fingerprint density at radius 1 is 1.39 bits per heavy atom. The number of anilines is 1. The summed E-state index contributed by atoms with van der Waals surface area (Å²) in [6, 6.07) is 5.58. The summed E-state index contributed by atoms with van der Waals surface area (Å²) in [4.78, 5) is 23.2. The minimum Gasteiger partial charge on any atom is -0.491 e. The lowest BCUT2D eigenvalue weighted by Gasteiger charge is -2.09. The number of aliphatic hydroxyl groups is 1. The van der Waals surface area contributed by atoms with Gasteiger partial charge in [-0.05, 0) is 24.1 Å². The molecule has 1 aromatic carbocycles. The van der Waals surface area contributed by atoms with Crippen LogP contribution in [-0.4, -0.2) is 46.4 Å². The van der Waals surface area contributed by atoms with Gasteiger partial charge in [-0.1, -0.05) is 40.8 Å². The van der Waals surface area contributed by atoms with Crippen LogP contribution in [0.25, 0.3) is 10.3 Å². The topological polar surface area (TPSA) is 126 Å². The van der Waals surface area contributed by atoms with E-state index in [9.17, 15) is 4.79 Å². The van der Waals surface area contributed by atoms with Gasteiger partial charge in [-0.25, -0.2) is 9.97 Å². The monoisotopic (exact) mass is 441 g/mol. The van der Waals surface area contributed by atoms with Crippen molar-refractivity contribution >= 4 is 50.9 Å². The first-order valence-corrected chi connectivity index (χ1v) is 10.8. The Balaban J connectivity index is 1.74. The van der Waals surface area contributed by atoms with Crippen molar-refractivity contribution in [3.63, 3.8) is 0 Å². The van der Waals surface area contributed by atoms with Crippen LogP contribution in [0, 0.1) is 0 Å². The first-order chi connectivity index (χ1) is 13.6. The highest BCUT2D eigenvalue weighted by Crippen LogP contribution is 2.30. The number of benzene rings is 1. The number of hydrogen-bond acceptors (Lipinski definition) is 9. The Kier molecular flexibility index (Phi) is 7.51. The molecule has 0 saturated carbocycles. The fraction of sp³-hybridized carbons (Fsp3) is 0.353. The maximum atomic E-state index is 11.7. The van der Waals surface area contributed by atoms with Crippen molar-refractivity contribution in [1.29, 1.82) is 0 Å². The zero-order valence-electron chi connectivity index (χ0n) is 14.9. The number of fused-ring (bicyclic) bond motifs is 1. The molecular formula is C17H20ClN5O3S2. The van der Waals surface area contributed by atoms with Crippen LogP contribution in [0.1, 0.15) is 12.0 Å². The largest absolute Gasteiger partial charge is 0.491 e. The third-order valence-electron chi connectivity index (χ3n) is 3.63. The van der Waals surface area contributed by atoms with Gasteiger partial charge in [0.05, 0.1) is 5.02 Å². The van der Waals surface area contributed by atoms with E-state index in [4.69, 9.17) is 27.2 Å². The number of aliphatic hydroxyl groups excluding tert-OH is 1. The molecule has 0 bridgehead atoms. The lowest BCUT2D eigenvalue weighted by atomic mass is 10.2. The van der Waals surface area contributed by atoms with Crippen LogP contribution in [0.4, 0.5) is 5.82 Å². The molecule has 0 amide bonds. The Bertz CT molecular complexity index is 995. The molecule has 11 heteroatoms. The van der Waals surface area contributed by atoms with E-state index in [1.165, 1.54) is 11.8 Å². The second-order valence-corrected chi connectivity index (χ2v) is 8.07. The van der Waals surface area contributed by atoms with Gasteiger partial charge in [0.2, 0.25) is 0 Å². The highest BCUT2D eigenvalue weighted by atomic mass is 35.5. The molecule has 3 rings (SSSR count). The molecule has 28 heavy (non-hydrogen) atoms. The third kappa shape index (κ3) is 5.36. The van der Waals surface area contributed by atoms with E-state index >= 15 is 0 Å². The first kappa shape index (κ1) is 20.9. The number of nitrogens with one attached hydrogen (secondary N) is 2. The second kappa shape index (κ2) is 10.1. The van der Waals surface area contributed by atoms with Gasteiger partial charge in [0.25, 0.3) is 0 Å². The highest BCUT2D eigenvalue weighted by Gasteiger charge is 2.12. The zero-order chi connectivity index (χ0) is 19.9. The number of nitrogens with zero attached hydrogens (tertiary/aromatic N) is 2. The molecule has 0 radical (unpaired) electrons. The Morgan fingerprint density at radius 3 is 3.00 bits per heavy atom. The fourth-order valence-corrected chi connectivity index (χ4v) is 4.15. The van der Waals surface area contributed by atoms with E-state index in [1.807, 2.05) is 18.2 Å². The van der Waals surface area contributed by atoms with Gasteiger partial charge >= 0.3 is 4.87 Å². The SMILES string of the molecule is NCCOc1ccc(CSc2nc(NCCCO)c3sc(=O)[nH]c3n2)cc1Cl. The normalized spacial score (nSPS) is 11.1. The zero-order valence-corrected chi connectivity index (χ0v) is 17.3. The van der Waals surface area contributed by atoms with Crippen molar-refractivity contribution in [3.8, 4) is 5.75 Å². The number of nitrogens with two attached hydrogens (primary N) is 1. The summed E-state index contributed by atoms with van der Waals surface area (Å²) in [6.07, 6.45) is 0.588. The quantitative estimate of drug-likeness (QED) is 0.215. The molecule has 0 unspecified atom stereocenters. The van der Waals surface area contributed by atoms with E-state index in [2.05, 4.69) is 20.3 Å². The number of thioether (sulfide) groups is 1. The number of halogens is 1. The van der Waals surface area contributed by atoms with Crippen molar-refractivity contribution in [1.82, 2.24) is 15.0 Å². The summed E-state index contributed by atoms with van der Waals surface area (Å²) in [5.41, 5.74) is 6.93.